The van der Waals surface area contributed by atoms with Gasteiger partial charge in [-0.15, -0.1) is 11.3 Å². The lowest BCUT2D eigenvalue weighted by atomic mass is 10.1. The molecule has 0 saturated heterocycles. The molecule has 0 aliphatic rings. The number of aromatic nitrogens is 1. The second kappa shape index (κ2) is 5.05. The molecule has 0 aliphatic heterocycles. The minimum absolute atomic E-state index is 0.0190. The Morgan fingerprint density at radius 1 is 1.39 bits per heavy atom. The van der Waals surface area contributed by atoms with Crippen molar-refractivity contribution in [3.63, 3.8) is 0 Å². The van der Waals surface area contributed by atoms with Crippen LogP contribution in [0.3, 0.4) is 0 Å². The molecule has 0 aliphatic carbocycles. The van der Waals surface area contributed by atoms with Gasteiger partial charge in [-0.1, -0.05) is 12.1 Å². The molecule has 6 heteroatoms. The SMILES string of the molecule is Cc1ncc(C(=O)Cc2ccc([N+](=O)[O-])cc2)s1. The molecule has 0 N–H and O–H groups in total. The zero-order valence-corrected chi connectivity index (χ0v) is 10.4. The third kappa shape index (κ3) is 2.78. The number of thiazole rings is 1. The summed E-state index contributed by atoms with van der Waals surface area (Å²) in [6.45, 7) is 1.84. The Hall–Kier alpha value is -2.08. The maximum absolute atomic E-state index is 11.9. The minimum atomic E-state index is -0.460. The molecule has 2 aromatic rings. The van der Waals surface area contributed by atoms with E-state index in [0.717, 1.165) is 10.6 Å². The quantitative estimate of drug-likeness (QED) is 0.482. The summed E-state index contributed by atoms with van der Waals surface area (Å²) in [5, 5.41) is 11.3. The highest BCUT2D eigenvalue weighted by atomic mass is 32.1. The van der Waals surface area contributed by atoms with Gasteiger partial charge in [0.1, 0.15) is 0 Å². The van der Waals surface area contributed by atoms with Crippen LogP contribution in [-0.4, -0.2) is 15.7 Å². The molecule has 0 saturated carbocycles. The van der Waals surface area contributed by atoms with Crippen molar-refractivity contribution in [1.29, 1.82) is 0 Å². The first-order chi connectivity index (χ1) is 8.56. The molecule has 0 fully saturated rings. The van der Waals surface area contributed by atoms with Crippen molar-refractivity contribution < 1.29 is 9.72 Å². The fraction of sp³-hybridized carbons (Fsp3) is 0.167. The smallest absolute Gasteiger partial charge is 0.269 e. The highest BCUT2D eigenvalue weighted by Crippen LogP contribution is 2.17. The molecule has 1 heterocycles. The lowest BCUT2D eigenvalue weighted by Gasteiger charge is -1.98. The van der Waals surface area contributed by atoms with Gasteiger partial charge in [0.25, 0.3) is 5.69 Å². The lowest BCUT2D eigenvalue weighted by molar-refractivity contribution is -0.384. The molecule has 1 aromatic heterocycles. The number of nitro benzene ring substituents is 1. The zero-order chi connectivity index (χ0) is 13.1. The molecule has 92 valence electrons. The Kier molecular flexibility index (Phi) is 3.47. The van der Waals surface area contributed by atoms with Crippen LogP contribution in [0.2, 0.25) is 0 Å². The molecular formula is C12H10N2O3S. The lowest BCUT2D eigenvalue weighted by Crippen LogP contribution is -2.01. The number of carbonyl (C=O) groups excluding carboxylic acids is 1. The van der Waals surface area contributed by atoms with Crippen LogP contribution in [0.25, 0.3) is 0 Å². The van der Waals surface area contributed by atoms with Crippen LogP contribution in [0.4, 0.5) is 5.69 Å². The number of carbonyl (C=O) groups is 1. The van der Waals surface area contributed by atoms with E-state index < -0.39 is 4.92 Å². The summed E-state index contributed by atoms with van der Waals surface area (Å²) < 4.78 is 0. The molecule has 1 aromatic carbocycles. The van der Waals surface area contributed by atoms with E-state index in [1.807, 2.05) is 6.92 Å². The summed E-state index contributed by atoms with van der Waals surface area (Å²) in [6, 6.07) is 6.01. The number of rotatable bonds is 4. The number of non-ortho nitro benzene ring substituents is 1. The predicted molar refractivity (Wildman–Crippen MR) is 68.0 cm³/mol. The molecule has 0 unspecified atom stereocenters. The van der Waals surface area contributed by atoms with Crippen molar-refractivity contribution in [2.45, 2.75) is 13.3 Å². The fourth-order valence-electron chi connectivity index (χ4n) is 1.50. The molecule has 0 radical (unpaired) electrons. The summed E-state index contributed by atoms with van der Waals surface area (Å²) in [7, 11) is 0. The second-order valence-corrected chi connectivity index (χ2v) is 5.00. The molecule has 0 spiro atoms. The first-order valence-electron chi connectivity index (χ1n) is 5.25. The van der Waals surface area contributed by atoms with Crippen LogP contribution in [0, 0.1) is 17.0 Å². The van der Waals surface area contributed by atoms with Crippen molar-refractivity contribution in [2.24, 2.45) is 0 Å². The topological polar surface area (TPSA) is 73.1 Å². The van der Waals surface area contributed by atoms with Crippen molar-refractivity contribution in [3.05, 3.63) is 56.0 Å². The first kappa shape index (κ1) is 12.4. The summed E-state index contributed by atoms with van der Waals surface area (Å²) >= 11 is 1.35. The Morgan fingerprint density at radius 2 is 2.06 bits per heavy atom. The summed E-state index contributed by atoms with van der Waals surface area (Å²) in [5.41, 5.74) is 0.788. The Morgan fingerprint density at radius 3 is 2.56 bits per heavy atom. The highest BCUT2D eigenvalue weighted by molar-refractivity contribution is 7.13. The monoisotopic (exact) mass is 262 g/mol. The number of hydrogen-bond acceptors (Lipinski definition) is 5. The van der Waals surface area contributed by atoms with Gasteiger partial charge in [-0.25, -0.2) is 4.98 Å². The van der Waals surface area contributed by atoms with E-state index >= 15 is 0 Å². The van der Waals surface area contributed by atoms with E-state index in [-0.39, 0.29) is 17.9 Å². The highest BCUT2D eigenvalue weighted by Gasteiger charge is 2.11. The molecule has 2 rings (SSSR count). The maximum Gasteiger partial charge on any atom is 0.269 e. The summed E-state index contributed by atoms with van der Waals surface area (Å²) in [6.07, 6.45) is 1.80. The van der Waals surface area contributed by atoms with Crippen LogP contribution >= 0.6 is 11.3 Å². The average molecular weight is 262 g/mol. The number of hydrogen-bond donors (Lipinski definition) is 0. The minimum Gasteiger partial charge on any atom is -0.293 e. The Labute approximate surface area is 107 Å². The van der Waals surface area contributed by atoms with Gasteiger partial charge in [-0.3, -0.25) is 14.9 Å². The van der Waals surface area contributed by atoms with Crippen LogP contribution < -0.4 is 0 Å². The van der Waals surface area contributed by atoms with Gasteiger partial charge in [0, 0.05) is 24.8 Å². The zero-order valence-electron chi connectivity index (χ0n) is 9.62. The van der Waals surface area contributed by atoms with Crippen molar-refractivity contribution >= 4 is 22.8 Å². The van der Waals surface area contributed by atoms with Gasteiger partial charge in [0.05, 0.1) is 14.8 Å². The predicted octanol–water partition coefficient (Wildman–Crippen LogP) is 2.79. The number of benzene rings is 1. The van der Waals surface area contributed by atoms with Gasteiger partial charge in [-0.05, 0) is 12.5 Å². The molecule has 18 heavy (non-hydrogen) atoms. The Bertz CT molecular complexity index is 590. The van der Waals surface area contributed by atoms with Crippen LogP contribution in [0.1, 0.15) is 20.2 Å². The first-order valence-corrected chi connectivity index (χ1v) is 6.07. The van der Waals surface area contributed by atoms with Crippen LogP contribution in [0.15, 0.2) is 30.5 Å². The standard InChI is InChI=1S/C12H10N2O3S/c1-8-13-7-12(18-8)11(15)6-9-2-4-10(5-3-9)14(16)17/h2-5,7H,6H2,1H3. The van der Waals surface area contributed by atoms with Crippen molar-refractivity contribution in [2.75, 3.05) is 0 Å². The normalized spacial score (nSPS) is 10.3. The van der Waals surface area contributed by atoms with Gasteiger partial charge >= 0.3 is 0 Å². The molecule has 0 atom stereocenters. The average Bonchev–Trinajstić information content (AvgIpc) is 2.76. The fourth-order valence-corrected chi connectivity index (χ4v) is 2.21. The molecular weight excluding hydrogens is 252 g/mol. The molecule has 5 nitrogen and oxygen atoms in total. The van der Waals surface area contributed by atoms with Gasteiger partial charge in [0.15, 0.2) is 5.78 Å². The van der Waals surface area contributed by atoms with Crippen molar-refractivity contribution in [3.8, 4) is 0 Å². The van der Waals surface area contributed by atoms with E-state index in [4.69, 9.17) is 0 Å². The second-order valence-electron chi connectivity index (χ2n) is 3.77. The van der Waals surface area contributed by atoms with E-state index in [0.29, 0.717) is 4.88 Å². The van der Waals surface area contributed by atoms with E-state index in [9.17, 15) is 14.9 Å². The summed E-state index contributed by atoms with van der Waals surface area (Å²) in [5.74, 6) is -0.0190. The van der Waals surface area contributed by atoms with E-state index in [1.165, 1.54) is 23.5 Å². The number of nitrogens with zero attached hydrogens (tertiary/aromatic N) is 2. The third-order valence-corrected chi connectivity index (χ3v) is 3.36. The van der Waals surface area contributed by atoms with E-state index in [2.05, 4.69) is 4.98 Å². The largest absolute Gasteiger partial charge is 0.293 e. The third-order valence-electron chi connectivity index (χ3n) is 2.41. The summed E-state index contributed by atoms with van der Waals surface area (Å²) in [4.78, 5) is 26.6. The number of nitro groups is 1. The number of ketones is 1. The maximum atomic E-state index is 11.9. The number of aryl methyl sites for hydroxylation is 1. The van der Waals surface area contributed by atoms with Crippen LogP contribution in [-0.2, 0) is 6.42 Å². The van der Waals surface area contributed by atoms with E-state index in [1.54, 1.807) is 18.3 Å². The van der Waals surface area contributed by atoms with Gasteiger partial charge in [0.2, 0.25) is 0 Å². The van der Waals surface area contributed by atoms with Crippen LogP contribution in [0.5, 0.6) is 0 Å². The van der Waals surface area contributed by atoms with Crippen molar-refractivity contribution in [1.82, 2.24) is 4.98 Å². The number of Topliss-reactive ketones (excluding diaryl/α,β-unsaturated/α-hetero) is 1. The molecule has 0 amide bonds. The van der Waals surface area contributed by atoms with Gasteiger partial charge < -0.3 is 0 Å². The van der Waals surface area contributed by atoms with Gasteiger partial charge in [-0.2, -0.15) is 0 Å². The Balaban J connectivity index is 2.10. The molecule has 0 bridgehead atoms.